The topological polar surface area (TPSA) is 66.6 Å². The molecule has 2 aliphatic heterocycles. The van der Waals surface area contributed by atoms with Crippen LogP contribution in [0.3, 0.4) is 0 Å². The monoisotopic (exact) mass is 405 g/mol. The van der Waals surface area contributed by atoms with E-state index in [4.69, 9.17) is 5.73 Å². The highest BCUT2D eigenvalue weighted by Gasteiger charge is 2.36. The molecule has 27 heavy (non-hydrogen) atoms. The Bertz CT molecular complexity index is 726. The van der Waals surface area contributed by atoms with Crippen LogP contribution in [-0.2, 0) is 11.0 Å². The number of amides is 2. The van der Waals surface area contributed by atoms with Crippen molar-refractivity contribution >= 4 is 29.9 Å². The van der Waals surface area contributed by atoms with Gasteiger partial charge in [0.1, 0.15) is 0 Å². The third-order valence-electron chi connectivity index (χ3n) is 5.13. The van der Waals surface area contributed by atoms with E-state index in [-0.39, 0.29) is 41.5 Å². The van der Waals surface area contributed by atoms with Gasteiger partial charge in [-0.05, 0) is 50.4 Å². The average Bonchev–Trinajstić information content (AvgIpc) is 3.18. The number of halogens is 4. The van der Waals surface area contributed by atoms with Crippen LogP contribution in [0.25, 0.3) is 0 Å². The molecule has 2 atom stereocenters. The van der Waals surface area contributed by atoms with Crippen molar-refractivity contribution in [1.29, 1.82) is 0 Å². The van der Waals surface area contributed by atoms with Gasteiger partial charge in [-0.3, -0.25) is 9.59 Å². The lowest BCUT2D eigenvalue weighted by molar-refractivity contribution is -0.137. The second-order valence-electron chi connectivity index (χ2n) is 7.06. The van der Waals surface area contributed by atoms with Crippen LogP contribution in [0.4, 0.5) is 18.9 Å². The SMILES string of the molecule is CC1CC(CN)CN1C(=O)c1cc(N2CCCC2=O)cc(C(F)(F)F)c1.Cl. The Kier molecular flexibility index (Phi) is 6.42. The Hall–Kier alpha value is -1.80. The van der Waals surface area contributed by atoms with Crippen molar-refractivity contribution in [3.8, 4) is 0 Å². The lowest BCUT2D eigenvalue weighted by Gasteiger charge is -2.24. The second kappa shape index (κ2) is 8.06. The van der Waals surface area contributed by atoms with E-state index in [1.807, 2.05) is 6.92 Å². The zero-order chi connectivity index (χ0) is 19.1. The van der Waals surface area contributed by atoms with Gasteiger partial charge in [0.15, 0.2) is 0 Å². The molecule has 0 bridgehead atoms. The lowest BCUT2D eigenvalue weighted by Crippen LogP contribution is -2.35. The van der Waals surface area contributed by atoms with Crippen LogP contribution in [0.1, 0.15) is 42.1 Å². The number of nitrogens with two attached hydrogens (primary N) is 1. The van der Waals surface area contributed by atoms with E-state index in [9.17, 15) is 22.8 Å². The minimum absolute atomic E-state index is 0. The molecule has 2 N–H and O–H groups in total. The molecule has 0 saturated carbocycles. The Morgan fingerprint density at radius 1 is 1.30 bits per heavy atom. The molecule has 9 heteroatoms. The van der Waals surface area contributed by atoms with Crippen LogP contribution < -0.4 is 10.6 Å². The fourth-order valence-electron chi connectivity index (χ4n) is 3.74. The zero-order valence-electron chi connectivity index (χ0n) is 15.0. The highest BCUT2D eigenvalue weighted by molar-refractivity contribution is 5.99. The number of anilines is 1. The standard InChI is InChI=1S/C18H22F3N3O2.ClH/c1-11-5-12(9-22)10-24(11)17(26)13-6-14(18(19,20)21)8-15(7-13)23-4-2-3-16(23)25;/h6-8,11-12H,2-5,9-10,22H2,1H3;1H. The molecule has 2 saturated heterocycles. The van der Waals surface area contributed by atoms with Gasteiger partial charge in [-0.25, -0.2) is 0 Å². The summed E-state index contributed by atoms with van der Waals surface area (Å²) in [6.07, 6.45) is -2.95. The predicted octanol–water partition coefficient (Wildman–Crippen LogP) is 3.06. The Morgan fingerprint density at radius 3 is 2.52 bits per heavy atom. The first-order valence-corrected chi connectivity index (χ1v) is 8.74. The largest absolute Gasteiger partial charge is 0.416 e. The molecule has 0 radical (unpaired) electrons. The van der Waals surface area contributed by atoms with Crippen LogP contribution in [0.15, 0.2) is 18.2 Å². The lowest BCUT2D eigenvalue weighted by atomic mass is 10.1. The maximum Gasteiger partial charge on any atom is 0.416 e. The van der Waals surface area contributed by atoms with Gasteiger partial charge in [0.25, 0.3) is 5.91 Å². The molecule has 2 amide bonds. The van der Waals surface area contributed by atoms with E-state index < -0.39 is 17.6 Å². The van der Waals surface area contributed by atoms with Crippen molar-refractivity contribution in [3.05, 3.63) is 29.3 Å². The Labute approximate surface area is 162 Å². The van der Waals surface area contributed by atoms with Crippen LogP contribution in [0.2, 0.25) is 0 Å². The van der Waals surface area contributed by atoms with Gasteiger partial charge >= 0.3 is 6.18 Å². The number of benzene rings is 1. The summed E-state index contributed by atoms with van der Waals surface area (Å²) in [7, 11) is 0. The maximum atomic E-state index is 13.3. The number of alkyl halides is 3. The quantitative estimate of drug-likeness (QED) is 0.840. The van der Waals surface area contributed by atoms with Crippen molar-refractivity contribution in [2.24, 2.45) is 11.7 Å². The minimum atomic E-state index is -4.59. The molecule has 1 aromatic rings. The Balaban J connectivity index is 0.00000261. The molecule has 0 spiro atoms. The van der Waals surface area contributed by atoms with Gasteiger partial charge in [0, 0.05) is 36.8 Å². The van der Waals surface area contributed by atoms with E-state index in [1.165, 1.54) is 11.0 Å². The molecular weight excluding hydrogens is 383 g/mol. The van der Waals surface area contributed by atoms with Crippen molar-refractivity contribution in [1.82, 2.24) is 4.90 Å². The van der Waals surface area contributed by atoms with Gasteiger partial charge in [-0.15, -0.1) is 12.4 Å². The van der Waals surface area contributed by atoms with Crippen molar-refractivity contribution in [3.63, 3.8) is 0 Å². The number of likely N-dealkylation sites (tertiary alicyclic amines) is 1. The fourth-order valence-corrected chi connectivity index (χ4v) is 3.74. The summed E-state index contributed by atoms with van der Waals surface area (Å²) in [5.74, 6) is -0.521. The molecule has 3 rings (SSSR count). The third kappa shape index (κ3) is 4.38. The number of nitrogens with zero attached hydrogens (tertiary/aromatic N) is 2. The van der Waals surface area contributed by atoms with Gasteiger partial charge in [-0.1, -0.05) is 0 Å². The van der Waals surface area contributed by atoms with Gasteiger partial charge < -0.3 is 15.5 Å². The molecule has 5 nitrogen and oxygen atoms in total. The van der Waals surface area contributed by atoms with Crippen LogP contribution in [0, 0.1) is 5.92 Å². The summed E-state index contributed by atoms with van der Waals surface area (Å²) < 4.78 is 40.0. The minimum Gasteiger partial charge on any atom is -0.336 e. The molecule has 0 aromatic heterocycles. The van der Waals surface area contributed by atoms with Crippen molar-refractivity contribution in [2.75, 3.05) is 24.5 Å². The molecule has 2 unspecified atom stereocenters. The molecule has 1 aromatic carbocycles. The van der Waals surface area contributed by atoms with Gasteiger partial charge in [0.2, 0.25) is 5.91 Å². The van der Waals surface area contributed by atoms with E-state index in [2.05, 4.69) is 0 Å². The summed E-state index contributed by atoms with van der Waals surface area (Å²) in [4.78, 5) is 27.7. The summed E-state index contributed by atoms with van der Waals surface area (Å²) in [6, 6.07) is 3.12. The molecule has 2 fully saturated rings. The summed E-state index contributed by atoms with van der Waals surface area (Å²) in [5.41, 5.74) is 4.84. The summed E-state index contributed by atoms with van der Waals surface area (Å²) in [5, 5.41) is 0. The van der Waals surface area contributed by atoms with E-state index in [0.29, 0.717) is 32.5 Å². The highest BCUT2D eigenvalue weighted by atomic mass is 35.5. The first-order valence-electron chi connectivity index (χ1n) is 8.74. The van der Waals surface area contributed by atoms with E-state index in [1.54, 1.807) is 4.90 Å². The second-order valence-corrected chi connectivity index (χ2v) is 7.06. The molecular formula is C18H23ClF3N3O2. The predicted molar refractivity (Wildman–Crippen MR) is 97.9 cm³/mol. The average molecular weight is 406 g/mol. The number of rotatable bonds is 3. The van der Waals surface area contributed by atoms with Crippen LogP contribution in [0.5, 0.6) is 0 Å². The first kappa shape index (κ1) is 21.5. The molecule has 150 valence electrons. The number of carbonyl (C=O) groups excluding carboxylic acids is 2. The zero-order valence-corrected chi connectivity index (χ0v) is 15.8. The molecule has 2 aliphatic rings. The van der Waals surface area contributed by atoms with Crippen molar-refractivity contribution in [2.45, 2.75) is 38.4 Å². The van der Waals surface area contributed by atoms with E-state index in [0.717, 1.165) is 18.6 Å². The Morgan fingerprint density at radius 2 is 2.00 bits per heavy atom. The maximum absolute atomic E-state index is 13.3. The molecule has 2 heterocycles. The van der Waals surface area contributed by atoms with Crippen molar-refractivity contribution < 1.29 is 22.8 Å². The summed E-state index contributed by atoms with van der Waals surface area (Å²) >= 11 is 0. The molecule has 0 aliphatic carbocycles. The normalized spacial score (nSPS) is 22.9. The van der Waals surface area contributed by atoms with E-state index >= 15 is 0 Å². The number of hydrogen-bond donors (Lipinski definition) is 1. The van der Waals surface area contributed by atoms with Gasteiger partial charge in [0.05, 0.1) is 5.56 Å². The van der Waals surface area contributed by atoms with Crippen LogP contribution >= 0.6 is 12.4 Å². The highest BCUT2D eigenvalue weighted by Crippen LogP contribution is 2.35. The fraction of sp³-hybridized carbons (Fsp3) is 0.556. The van der Waals surface area contributed by atoms with Gasteiger partial charge in [-0.2, -0.15) is 13.2 Å². The third-order valence-corrected chi connectivity index (χ3v) is 5.13. The summed E-state index contributed by atoms with van der Waals surface area (Å²) in [6.45, 7) is 3.10. The number of carbonyl (C=O) groups is 2. The smallest absolute Gasteiger partial charge is 0.336 e. The van der Waals surface area contributed by atoms with Crippen LogP contribution in [-0.4, -0.2) is 42.4 Å². The first-order chi connectivity index (χ1) is 12.2. The number of hydrogen-bond acceptors (Lipinski definition) is 3.